The van der Waals surface area contributed by atoms with Gasteiger partial charge in [0.1, 0.15) is 17.0 Å². The monoisotopic (exact) mass is 323 g/mol. The molecule has 4 nitrogen and oxygen atoms in total. The van der Waals surface area contributed by atoms with Crippen molar-refractivity contribution in [3.05, 3.63) is 82.0 Å². The average molecular weight is 323 g/mol. The Hall–Kier alpha value is -2.95. The SMILES string of the molecule is O=C(NC1(c2ccc(F)cc2)CC1)c1cc2ccccc2oc1=O. The summed E-state index contributed by atoms with van der Waals surface area (Å²) < 4.78 is 18.3. The second kappa shape index (κ2) is 5.30. The third kappa shape index (κ3) is 2.48. The van der Waals surface area contributed by atoms with Gasteiger partial charge < -0.3 is 9.73 Å². The van der Waals surface area contributed by atoms with Crippen LogP contribution in [0.4, 0.5) is 4.39 Å². The Morgan fingerprint density at radius 2 is 1.79 bits per heavy atom. The molecule has 1 aliphatic rings. The Kier molecular flexibility index (Phi) is 3.23. The summed E-state index contributed by atoms with van der Waals surface area (Å²) in [5, 5.41) is 3.59. The molecule has 4 rings (SSSR count). The van der Waals surface area contributed by atoms with Gasteiger partial charge in [-0.15, -0.1) is 0 Å². The molecule has 3 aromatic rings. The van der Waals surface area contributed by atoms with E-state index in [0.29, 0.717) is 11.0 Å². The summed E-state index contributed by atoms with van der Waals surface area (Å²) in [6, 6.07) is 14.6. The minimum atomic E-state index is -0.666. The molecular weight excluding hydrogens is 309 g/mol. The van der Waals surface area contributed by atoms with Gasteiger partial charge in [-0.25, -0.2) is 9.18 Å². The number of para-hydroxylation sites is 1. The highest BCUT2D eigenvalue weighted by Gasteiger charge is 2.46. The fraction of sp³-hybridized carbons (Fsp3) is 0.158. The van der Waals surface area contributed by atoms with Crippen molar-refractivity contribution in [2.45, 2.75) is 18.4 Å². The molecule has 0 saturated heterocycles. The van der Waals surface area contributed by atoms with Crippen LogP contribution in [0.25, 0.3) is 11.0 Å². The Bertz CT molecular complexity index is 987. The zero-order chi connectivity index (χ0) is 16.7. The van der Waals surface area contributed by atoms with Crippen LogP contribution >= 0.6 is 0 Å². The first-order chi connectivity index (χ1) is 11.6. The number of rotatable bonds is 3. The molecule has 24 heavy (non-hydrogen) atoms. The molecule has 0 unspecified atom stereocenters. The van der Waals surface area contributed by atoms with Gasteiger partial charge in [0.2, 0.25) is 0 Å². The van der Waals surface area contributed by atoms with E-state index in [1.807, 2.05) is 6.07 Å². The minimum absolute atomic E-state index is 0.0258. The van der Waals surface area contributed by atoms with Gasteiger partial charge in [0.05, 0.1) is 5.54 Å². The largest absolute Gasteiger partial charge is 0.422 e. The highest BCUT2D eigenvalue weighted by Crippen LogP contribution is 2.45. The van der Waals surface area contributed by atoms with Crippen molar-refractivity contribution in [1.82, 2.24) is 5.32 Å². The number of hydrogen-bond donors (Lipinski definition) is 1. The van der Waals surface area contributed by atoms with Crippen LogP contribution < -0.4 is 10.9 Å². The van der Waals surface area contributed by atoms with Crippen LogP contribution in [-0.4, -0.2) is 5.91 Å². The van der Waals surface area contributed by atoms with Gasteiger partial charge in [-0.05, 0) is 42.7 Å². The van der Waals surface area contributed by atoms with E-state index in [1.54, 1.807) is 30.3 Å². The lowest BCUT2D eigenvalue weighted by Gasteiger charge is -2.17. The maximum Gasteiger partial charge on any atom is 0.349 e. The van der Waals surface area contributed by atoms with E-state index in [9.17, 15) is 14.0 Å². The molecule has 0 spiro atoms. The first kappa shape index (κ1) is 14.6. The zero-order valence-electron chi connectivity index (χ0n) is 12.7. The van der Waals surface area contributed by atoms with Crippen LogP contribution in [0, 0.1) is 5.82 Å². The predicted molar refractivity (Wildman–Crippen MR) is 87.3 cm³/mol. The van der Waals surface area contributed by atoms with Crippen molar-refractivity contribution >= 4 is 16.9 Å². The molecule has 1 aliphatic carbocycles. The van der Waals surface area contributed by atoms with Gasteiger partial charge in [-0.1, -0.05) is 30.3 Å². The summed E-state index contributed by atoms with van der Waals surface area (Å²) in [5.41, 5.74) is 0.0624. The number of benzene rings is 2. The Morgan fingerprint density at radius 3 is 2.50 bits per heavy atom. The smallest absolute Gasteiger partial charge is 0.349 e. The van der Waals surface area contributed by atoms with Crippen LogP contribution in [0.15, 0.2) is 63.8 Å². The van der Waals surface area contributed by atoms with Crippen LogP contribution in [-0.2, 0) is 5.54 Å². The zero-order valence-corrected chi connectivity index (χ0v) is 12.7. The molecule has 0 bridgehead atoms. The second-order valence-electron chi connectivity index (χ2n) is 6.03. The number of carbonyl (C=O) groups excluding carboxylic acids is 1. The Morgan fingerprint density at radius 1 is 1.08 bits per heavy atom. The molecule has 1 fully saturated rings. The van der Waals surface area contributed by atoms with Crippen molar-refractivity contribution < 1.29 is 13.6 Å². The summed E-state index contributed by atoms with van der Waals surface area (Å²) in [6.07, 6.45) is 1.51. The molecule has 2 aromatic carbocycles. The molecule has 1 heterocycles. The summed E-state index contributed by atoms with van der Waals surface area (Å²) in [4.78, 5) is 24.6. The van der Waals surface area contributed by atoms with Crippen molar-refractivity contribution in [3.8, 4) is 0 Å². The molecule has 1 amide bonds. The number of amides is 1. The maximum atomic E-state index is 13.1. The van der Waals surface area contributed by atoms with Crippen LogP contribution in [0.3, 0.4) is 0 Å². The van der Waals surface area contributed by atoms with Crippen molar-refractivity contribution in [2.75, 3.05) is 0 Å². The van der Waals surface area contributed by atoms with Crippen molar-refractivity contribution in [1.29, 1.82) is 0 Å². The van der Waals surface area contributed by atoms with Gasteiger partial charge in [0.25, 0.3) is 5.91 Å². The maximum absolute atomic E-state index is 13.1. The third-order valence-corrected chi connectivity index (χ3v) is 4.39. The molecule has 5 heteroatoms. The van der Waals surface area contributed by atoms with Crippen LogP contribution in [0.5, 0.6) is 0 Å². The van der Waals surface area contributed by atoms with E-state index in [0.717, 1.165) is 18.4 Å². The van der Waals surface area contributed by atoms with E-state index >= 15 is 0 Å². The van der Waals surface area contributed by atoms with Gasteiger partial charge in [0, 0.05) is 5.39 Å². The minimum Gasteiger partial charge on any atom is -0.422 e. The van der Waals surface area contributed by atoms with E-state index in [1.165, 1.54) is 18.2 Å². The van der Waals surface area contributed by atoms with E-state index in [4.69, 9.17) is 4.42 Å². The number of nitrogens with one attached hydrogen (secondary N) is 1. The molecule has 120 valence electrons. The van der Waals surface area contributed by atoms with E-state index < -0.39 is 17.1 Å². The predicted octanol–water partition coefficient (Wildman–Crippen LogP) is 3.35. The van der Waals surface area contributed by atoms with Gasteiger partial charge in [-0.3, -0.25) is 4.79 Å². The number of hydrogen-bond acceptors (Lipinski definition) is 3. The summed E-state index contributed by atoms with van der Waals surface area (Å²) in [7, 11) is 0. The highest BCUT2D eigenvalue weighted by molar-refractivity contribution is 5.97. The molecule has 1 aromatic heterocycles. The number of fused-ring (bicyclic) bond motifs is 1. The quantitative estimate of drug-likeness (QED) is 0.752. The lowest BCUT2D eigenvalue weighted by molar-refractivity contribution is 0.0927. The summed E-state index contributed by atoms with van der Waals surface area (Å²) in [6.45, 7) is 0. The number of halogens is 1. The Balaban J connectivity index is 1.66. The van der Waals surface area contributed by atoms with Gasteiger partial charge in [-0.2, -0.15) is 0 Å². The molecular formula is C19H14FNO3. The van der Waals surface area contributed by atoms with Crippen LogP contribution in [0.2, 0.25) is 0 Å². The first-order valence-corrected chi connectivity index (χ1v) is 7.69. The average Bonchev–Trinajstić information content (AvgIpc) is 3.35. The van der Waals surface area contributed by atoms with E-state index in [-0.39, 0.29) is 11.4 Å². The second-order valence-corrected chi connectivity index (χ2v) is 6.03. The standard InChI is InChI=1S/C19H14FNO3/c20-14-7-5-13(6-8-14)19(9-10-19)21-17(22)15-11-12-3-1-2-4-16(12)24-18(15)23/h1-8,11H,9-10H2,(H,21,22). The van der Waals surface area contributed by atoms with Gasteiger partial charge >= 0.3 is 5.63 Å². The van der Waals surface area contributed by atoms with Crippen molar-refractivity contribution in [3.63, 3.8) is 0 Å². The fourth-order valence-corrected chi connectivity index (χ4v) is 2.88. The summed E-state index contributed by atoms with van der Waals surface area (Å²) >= 11 is 0. The molecule has 0 radical (unpaired) electrons. The molecule has 1 N–H and O–H groups in total. The molecule has 0 atom stereocenters. The fourth-order valence-electron chi connectivity index (χ4n) is 2.88. The lowest BCUT2D eigenvalue weighted by atomic mass is 10.0. The Labute approximate surface area is 136 Å². The molecule has 1 saturated carbocycles. The topological polar surface area (TPSA) is 59.3 Å². The third-order valence-electron chi connectivity index (χ3n) is 4.39. The lowest BCUT2D eigenvalue weighted by Crippen LogP contribution is -2.37. The van der Waals surface area contributed by atoms with Crippen molar-refractivity contribution in [2.24, 2.45) is 0 Å². The normalized spacial score (nSPS) is 15.2. The van der Waals surface area contributed by atoms with Gasteiger partial charge in [0.15, 0.2) is 0 Å². The summed E-state index contributed by atoms with van der Waals surface area (Å²) in [5.74, 6) is -0.799. The van der Waals surface area contributed by atoms with Crippen LogP contribution in [0.1, 0.15) is 28.8 Å². The number of carbonyl (C=O) groups is 1. The van der Waals surface area contributed by atoms with E-state index in [2.05, 4.69) is 5.32 Å². The molecule has 0 aliphatic heterocycles. The first-order valence-electron chi connectivity index (χ1n) is 7.69. The highest BCUT2D eigenvalue weighted by atomic mass is 19.1.